The Bertz CT molecular complexity index is 1020. The predicted octanol–water partition coefficient (Wildman–Crippen LogP) is 6.76. The Morgan fingerprint density at radius 1 is 0.639 bits per heavy atom. The highest BCUT2D eigenvalue weighted by atomic mass is 16.5. The Balaban J connectivity index is 0.00000154. The SMILES string of the molecule is CC.CC.CC(C)(C)c1cc(COc2ccc(C(=N)N)cc2)cc(COc2ccc(C(=N)N)cc2)c1. The lowest BCUT2D eigenvalue weighted by atomic mass is 9.85. The largest absolute Gasteiger partial charge is 0.489 e. The molecule has 0 amide bonds. The zero-order valence-corrected chi connectivity index (χ0v) is 22.7. The molecule has 0 aliphatic rings. The van der Waals surface area contributed by atoms with Crippen molar-refractivity contribution in [2.75, 3.05) is 0 Å². The first-order valence-corrected chi connectivity index (χ1v) is 12.4. The van der Waals surface area contributed by atoms with Gasteiger partial charge >= 0.3 is 0 Å². The van der Waals surface area contributed by atoms with Gasteiger partial charge in [-0.2, -0.15) is 0 Å². The van der Waals surface area contributed by atoms with E-state index in [1.807, 2.05) is 52.0 Å². The molecule has 3 aromatic rings. The molecule has 0 saturated carbocycles. The third-order valence-corrected chi connectivity index (χ3v) is 5.06. The van der Waals surface area contributed by atoms with Crippen molar-refractivity contribution < 1.29 is 9.47 Å². The summed E-state index contributed by atoms with van der Waals surface area (Å²) in [5, 5.41) is 15.0. The minimum absolute atomic E-state index is 0.0168. The Morgan fingerprint density at radius 2 is 0.972 bits per heavy atom. The molecule has 0 heterocycles. The molecule has 6 heteroatoms. The van der Waals surface area contributed by atoms with Crippen LogP contribution in [-0.2, 0) is 18.6 Å². The molecule has 0 aliphatic heterocycles. The van der Waals surface area contributed by atoms with E-state index in [9.17, 15) is 0 Å². The third-order valence-electron chi connectivity index (χ3n) is 5.06. The predicted molar refractivity (Wildman–Crippen MR) is 151 cm³/mol. The highest BCUT2D eigenvalue weighted by Crippen LogP contribution is 2.26. The zero-order chi connectivity index (χ0) is 27.3. The second kappa shape index (κ2) is 14.6. The summed E-state index contributed by atoms with van der Waals surface area (Å²) in [5.74, 6) is 1.52. The number of benzene rings is 3. The number of nitrogen functional groups attached to an aromatic ring is 2. The zero-order valence-electron chi connectivity index (χ0n) is 22.7. The van der Waals surface area contributed by atoms with Crippen LogP contribution in [0.25, 0.3) is 0 Å². The third kappa shape index (κ3) is 9.45. The highest BCUT2D eigenvalue weighted by Gasteiger charge is 2.16. The van der Waals surface area contributed by atoms with Gasteiger partial charge in [0, 0.05) is 11.1 Å². The van der Waals surface area contributed by atoms with E-state index in [1.165, 1.54) is 5.56 Å². The molecular weight excluding hydrogens is 448 g/mol. The van der Waals surface area contributed by atoms with Crippen molar-refractivity contribution in [2.45, 2.75) is 67.1 Å². The summed E-state index contributed by atoms with van der Waals surface area (Å²) in [4.78, 5) is 0. The maximum absolute atomic E-state index is 7.49. The summed E-state index contributed by atoms with van der Waals surface area (Å²) in [5.41, 5.74) is 15.7. The molecule has 6 nitrogen and oxygen atoms in total. The second-order valence-electron chi connectivity index (χ2n) is 8.74. The monoisotopic (exact) mass is 490 g/mol. The summed E-state index contributed by atoms with van der Waals surface area (Å²) in [6.45, 7) is 15.4. The summed E-state index contributed by atoms with van der Waals surface area (Å²) < 4.78 is 11.9. The number of nitrogens with two attached hydrogens (primary N) is 2. The number of ether oxygens (including phenoxy) is 2. The number of hydrogen-bond donors (Lipinski definition) is 4. The van der Waals surface area contributed by atoms with Crippen LogP contribution in [0, 0.1) is 10.8 Å². The van der Waals surface area contributed by atoms with Gasteiger partial charge in [-0.1, -0.05) is 60.6 Å². The molecule has 0 bridgehead atoms. The Labute approximate surface area is 216 Å². The molecule has 0 radical (unpaired) electrons. The molecule has 0 atom stereocenters. The molecule has 0 aliphatic carbocycles. The van der Waals surface area contributed by atoms with Crippen LogP contribution in [0.2, 0.25) is 0 Å². The number of hydrogen-bond acceptors (Lipinski definition) is 4. The highest BCUT2D eigenvalue weighted by molar-refractivity contribution is 5.95. The van der Waals surface area contributed by atoms with Crippen molar-refractivity contribution in [3.05, 3.63) is 94.5 Å². The molecule has 194 valence electrons. The van der Waals surface area contributed by atoms with E-state index < -0.39 is 0 Å². The number of rotatable bonds is 8. The van der Waals surface area contributed by atoms with Crippen molar-refractivity contribution in [3.63, 3.8) is 0 Å². The first-order chi connectivity index (χ1) is 17.1. The van der Waals surface area contributed by atoms with Gasteiger partial charge in [-0.05, 0) is 76.7 Å². The van der Waals surface area contributed by atoms with E-state index in [1.54, 1.807) is 24.3 Å². The number of amidine groups is 2. The van der Waals surface area contributed by atoms with Crippen molar-refractivity contribution in [3.8, 4) is 11.5 Å². The topological polar surface area (TPSA) is 118 Å². The van der Waals surface area contributed by atoms with E-state index in [0.717, 1.165) is 22.6 Å². The molecule has 6 N–H and O–H groups in total. The molecule has 0 unspecified atom stereocenters. The standard InChI is InChI=1S/C26H30N4O2.2C2H6/c1-26(2,3)21-13-17(15-31-22-8-4-19(5-9-22)24(27)28)12-18(14-21)16-32-23-10-6-20(7-11-23)25(29)30;2*1-2/h4-14H,15-16H2,1-3H3,(H3,27,28)(H3,29,30);2*1-2H3. The first-order valence-electron chi connectivity index (χ1n) is 12.4. The van der Waals surface area contributed by atoms with Crippen LogP contribution >= 0.6 is 0 Å². The van der Waals surface area contributed by atoms with E-state index in [2.05, 4.69) is 39.0 Å². The summed E-state index contributed by atoms with van der Waals surface area (Å²) in [6, 6.07) is 20.8. The average molecular weight is 491 g/mol. The lowest BCUT2D eigenvalue weighted by Crippen LogP contribution is -2.13. The minimum Gasteiger partial charge on any atom is -0.489 e. The maximum Gasteiger partial charge on any atom is 0.122 e. The van der Waals surface area contributed by atoms with Crippen molar-refractivity contribution in [1.82, 2.24) is 0 Å². The van der Waals surface area contributed by atoms with Gasteiger partial charge in [-0.15, -0.1) is 0 Å². The molecule has 0 aromatic heterocycles. The molecular formula is C30H42N4O2. The van der Waals surface area contributed by atoms with Crippen LogP contribution < -0.4 is 20.9 Å². The van der Waals surface area contributed by atoms with Crippen molar-refractivity contribution in [1.29, 1.82) is 10.8 Å². The summed E-state index contributed by atoms with van der Waals surface area (Å²) in [7, 11) is 0. The molecule has 0 saturated heterocycles. The van der Waals surface area contributed by atoms with Crippen molar-refractivity contribution in [2.24, 2.45) is 11.5 Å². The van der Waals surface area contributed by atoms with Crippen LogP contribution in [0.5, 0.6) is 11.5 Å². The summed E-state index contributed by atoms with van der Waals surface area (Å²) >= 11 is 0. The fourth-order valence-electron chi connectivity index (χ4n) is 3.16. The fraction of sp³-hybridized carbons (Fsp3) is 0.333. The van der Waals surface area contributed by atoms with Crippen LogP contribution in [0.4, 0.5) is 0 Å². The summed E-state index contributed by atoms with van der Waals surface area (Å²) in [6.07, 6.45) is 0. The lowest BCUT2D eigenvalue weighted by Gasteiger charge is -2.22. The van der Waals surface area contributed by atoms with E-state index >= 15 is 0 Å². The van der Waals surface area contributed by atoms with E-state index in [-0.39, 0.29) is 17.1 Å². The maximum atomic E-state index is 7.49. The fourth-order valence-corrected chi connectivity index (χ4v) is 3.16. The second-order valence-corrected chi connectivity index (χ2v) is 8.74. The van der Waals surface area contributed by atoms with E-state index in [0.29, 0.717) is 24.3 Å². The van der Waals surface area contributed by atoms with Gasteiger partial charge in [-0.25, -0.2) is 0 Å². The smallest absolute Gasteiger partial charge is 0.122 e. The average Bonchev–Trinajstić information content (AvgIpc) is 2.88. The van der Waals surface area contributed by atoms with Crippen LogP contribution in [0.3, 0.4) is 0 Å². The number of nitrogens with one attached hydrogen (secondary N) is 2. The van der Waals surface area contributed by atoms with Gasteiger partial charge in [0.1, 0.15) is 36.4 Å². The molecule has 0 spiro atoms. The quantitative estimate of drug-likeness (QED) is 0.206. The molecule has 3 rings (SSSR count). The first kappa shape index (κ1) is 30.2. The van der Waals surface area contributed by atoms with Crippen LogP contribution in [0.1, 0.15) is 76.3 Å². The van der Waals surface area contributed by atoms with Gasteiger partial charge in [0.05, 0.1) is 0 Å². The molecule has 36 heavy (non-hydrogen) atoms. The van der Waals surface area contributed by atoms with E-state index in [4.69, 9.17) is 31.8 Å². The van der Waals surface area contributed by atoms with Gasteiger partial charge in [-0.3, -0.25) is 10.8 Å². The van der Waals surface area contributed by atoms with Gasteiger partial charge < -0.3 is 20.9 Å². The van der Waals surface area contributed by atoms with Crippen LogP contribution in [0.15, 0.2) is 66.7 Å². The van der Waals surface area contributed by atoms with Crippen LogP contribution in [-0.4, -0.2) is 11.7 Å². The Hall–Kier alpha value is -3.80. The Kier molecular flexibility index (Phi) is 12.2. The van der Waals surface area contributed by atoms with Crippen molar-refractivity contribution >= 4 is 11.7 Å². The van der Waals surface area contributed by atoms with Gasteiger partial charge in [0.25, 0.3) is 0 Å². The normalized spacial score (nSPS) is 10.2. The van der Waals surface area contributed by atoms with Gasteiger partial charge in [0.2, 0.25) is 0 Å². The lowest BCUT2D eigenvalue weighted by molar-refractivity contribution is 0.299. The molecule has 3 aromatic carbocycles. The van der Waals surface area contributed by atoms with Gasteiger partial charge in [0.15, 0.2) is 0 Å². The minimum atomic E-state index is -0.0168. The molecule has 0 fully saturated rings. The Morgan fingerprint density at radius 3 is 1.25 bits per heavy atom.